The average Bonchev–Trinajstić information content (AvgIpc) is 3.03. The van der Waals surface area contributed by atoms with Gasteiger partial charge in [-0.3, -0.25) is 10.1 Å². The van der Waals surface area contributed by atoms with Crippen LogP contribution in [0.1, 0.15) is 29.5 Å². The fraction of sp³-hybridized carbons (Fsp3) is 0.222. The van der Waals surface area contributed by atoms with E-state index >= 15 is 0 Å². The van der Waals surface area contributed by atoms with E-state index in [9.17, 15) is 10.1 Å². The van der Waals surface area contributed by atoms with Gasteiger partial charge in [0.05, 0.1) is 11.0 Å². The van der Waals surface area contributed by atoms with Crippen LogP contribution in [-0.4, -0.2) is 4.92 Å². The van der Waals surface area contributed by atoms with Gasteiger partial charge in [-0.2, -0.15) is 0 Å². The van der Waals surface area contributed by atoms with Crippen molar-refractivity contribution in [3.8, 4) is 0 Å². The van der Waals surface area contributed by atoms with Gasteiger partial charge in [0.1, 0.15) is 5.69 Å². The van der Waals surface area contributed by atoms with Crippen LogP contribution in [0.5, 0.6) is 0 Å². The normalized spacial score (nSPS) is 24.7. The summed E-state index contributed by atoms with van der Waals surface area (Å²) in [6, 6.07) is 13.0. The first-order valence-electron chi connectivity index (χ1n) is 7.61. The topological polar surface area (TPSA) is 55.2 Å². The number of nitro benzene ring substituents is 1. The van der Waals surface area contributed by atoms with E-state index < -0.39 is 0 Å². The van der Waals surface area contributed by atoms with Crippen LogP contribution in [-0.2, 0) is 0 Å². The zero-order valence-corrected chi connectivity index (χ0v) is 13.0. The largest absolute Gasteiger partial charge is 0.372 e. The van der Waals surface area contributed by atoms with Crippen molar-refractivity contribution < 1.29 is 4.92 Å². The standard InChI is InChI=1S/C18H15ClN2O2/c19-12-5-1-4-11(10-12)17-14-7-2-6-13(14)15-8-3-9-16(21(22)23)18(15)20-17/h1-6,8-10,13-14,17,20H,7H2/t13-,14+,17+/m0/s1. The highest BCUT2D eigenvalue weighted by Gasteiger charge is 2.40. The first-order chi connectivity index (χ1) is 11.1. The van der Waals surface area contributed by atoms with Gasteiger partial charge in [0.25, 0.3) is 5.69 Å². The molecule has 0 aromatic heterocycles. The van der Waals surface area contributed by atoms with Crippen LogP contribution in [0.3, 0.4) is 0 Å². The monoisotopic (exact) mass is 326 g/mol. The van der Waals surface area contributed by atoms with Crippen molar-refractivity contribution in [2.75, 3.05) is 5.32 Å². The number of rotatable bonds is 2. The third-order valence-corrected chi connectivity index (χ3v) is 5.01. The Kier molecular flexibility index (Phi) is 3.34. The molecule has 0 spiro atoms. The Labute approximate surface area is 138 Å². The molecular formula is C18H15ClN2O2. The Morgan fingerprint density at radius 3 is 2.83 bits per heavy atom. The molecule has 0 bridgehead atoms. The van der Waals surface area contributed by atoms with Crippen LogP contribution in [0.15, 0.2) is 54.6 Å². The summed E-state index contributed by atoms with van der Waals surface area (Å²) in [4.78, 5) is 11.1. The molecule has 1 N–H and O–H groups in total. The van der Waals surface area contributed by atoms with Crippen molar-refractivity contribution in [2.24, 2.45) is 5.92 Å². The second kappa shape index (κ2) is 5.39. The molecule has 2 aromatic carbocycles. The van der Waals surface area contributed by atoms with E-state index in [0.717, 1.165) is 17.5 Å². The number of halogens is 1. The Morgan fingerprint density at radius 1 is 1.22 bits per heavy atom. The molecule has 1 aliphatic heterocycles. The first kappa shape index (κ1) is 14.3. The molecule has 2 aromatic rings. The molecule has 23 heavy (non-hydrogen) atoms. The van der Waals surface area contributed by atoms with E-state index in [4.69, 9.17) is 11.6 Å². The minimum Gasteiger partial charge on any atom is -0.372 e. The molecule has 1 heterocycles. The minimum atomic E-state index is -0.320. The Bertz CT molecular complexity index is 818. The Balaban J connectivity index is 1.85. The molecule has 0 saturated carbocycles. The number of nitrogens with one attached hydrogen (secondary N) is 1. The van der Waals surface area contributed by atoms with Crippen molar-refractivity contribution >= 4 is 23.0 Å². The summed E-state index contributed by atoms with van der Waals surface area (Å²) in [7, 11) is 0. The summed E-state index contributed by atoms with van der Waals surface area (Å²) in [6.07, 6.45) is 5.30. The Morgan fingerprint density at radius 2 is 2.04 bits per heavy atom. The van der Waals surface area contributed by atoms with Crippen molar-refractivity contribution in [3.63, 3.8) is 0 Å². The number of nitro groups is 1. The minimum absolute atomic E-state index is 0.0160. The summed E-state index contributed by atoms with van der Waals surface area (Å²) in [5, 5.41) is 15.5. The second-order valence-corrected chi connectivity index (χ2v) is 6.47. The highest BCUT2D eigenvalue weighted by molar-refractivity contribution is 6.30. The maximum absolute atomic E-state index is 11.4. The SMILES string of the molecule is O=[N+]([O-])c1cccc2c1N[C@H](c1cccc(Cl)c1)[C@@H]1CC=C[C@H]21. The summed E-state index contributed by atoms with van der Waals surface area (Å²) < 4.78 is 0. The number of fused-ring (bicyclic) bond motifs is 3. The van der Waals surface area contributed by atoms with Crippen LogP contribution >= 0.6 is 11.6 Å². The number of benzene rings is 2. The number of hydrogen-bond donors (Lipinski definition) is 1. The van der Waals surface area contributed by atoms with Crippen molar-refractivity contribution in [1.29, 1.82) is 0 Å². The summed E-state index contributed by atoms with van der Waals surface area (Å²) in [6.45, 7) is 0. The molecule has 4 nitrogen and oxygen atoms in total. The van der Waals surface area contributed by atoms with Gasteiger partial charge in [-0.05, 0) is 35.6 Å². The number of para-hydroxylation sites is 1. The van der Waals surface area contributed by atoms with E-state index in [1.807, 2.05) is 30.3 Å². The van der Waals surface area contributed by atoms with Gasteiger partial charge in [0.15, 0.2) is 0 Å². The molecule has 1 aliphatic carbocycles. The number of hydrogen-bond acceptors (Lipinski definition) is 3. The average molecular weight is 327 g/mol. The Hall–Kier alpha value is -2.33. The van der Waals surface area contributed by atoms with Gasteiger partial charge in [0.2, 0.25) is 0 Å². The van der Waals surface area contributed by atoms with Gasteiger partial charge in [-0.15, -0.1) is 0 Å². The molecular weight excluding hydrogens is 312 g/mol. The van der Waals surface area contributed by atoms with Gasteiger partial charge in [-0.25, -0.2) is 0 Å². The van der Waals surface area contributed by atoms with E-state index in [-0.39, 0.29) is 22.6 Å². The number of anilines is 1. The smallest absolute Gasteiger partial charge is 0.292 e. The highest BCUT2D eigenvalue weighted by atomic mass is 35.5. The second-order valence-electron chi connectivity index (χ2n) is 6.03. The molecule has 0 amide bonds. The van der Waals surface area contributed by atoms with Gasteiger partial charge in [0, 0.05) is 17.0 Å². The van der Waals surface area contributed by atoms with Crippen molar-refractivity contribution in [3.05, 3.63) is 80.9 Å². The van der Waals surface area contributed by atoms with Crippen LogP contribution in [0.25, 0.3) is 0 Å². The summed E-state index contributed by atoms with van der Waals surface area (Å²) in [5.74, 6) is 0.554. The predicted molar refractivity (Wildman–Crippen MR) is 90.9 cm³/mol. The maximum atomic E-state index is 11.4. The van der Waals surface area contributed by atoms with Crippen molar-refractivity contribution in [2.45, 2.75) is 18.4 Å². The third kappa shape index (κ3) is 2.30. The lowest BCUT2D eigenvalue weighted by Crippen LogP contribution is -2.29. The molecule has 4 rings (SSSR count). The van der Waals surface area contributed by atoms with E-state index in [2.05, 4.69) is 17.5 Å². The highest BCUT2D eigenvalue weighted by Crippen LogP contribution is 2.52. The lowest BCUT2D eigenvalue weighted by molar-refractivity contribution is -0.384. The zero-order chi connectivity index (χ0) is 16.0. The molecule has 5 heteroatoms. The van der Waals surface area contributed by atoms with Crippen LogP contribution in [0.2, 0.25) is 5.02 Å². The van der Waals surface area contributed by atoms with Crippen LogP contribution in [0, 0.1) is 16.0 Å². The molecule has 0 radical (unpaired) electrons. The van der Waals surface area contributed by atoms with E-state index in [0.29, 0.717) is 16.6 Å². The lowest BCUT2D eigenvalue weighted by Gasteiger charge is -2.37. The van der Waals surface area contributed by atoms with Gasteiger partial charge >= 0.3 is 0 Å². The summed E-state index contributed by atoms with van der Waals surface area (Å²) in [5.41, 5.74) is 2.85. The first-order valence-corrected chi connectivity index (χ1v) is 7.99. The quantitative estimate of drug-likeness (QED) is 0.476. The van der Waals surface area contributed by atoms with Crippen LogP contribution in [0.4, 0.5) is 11.4 Å². The van der Waals surface area contributed by atoms with Gasteiger partial charge in [-0.1, -0.05) is 48.0 Å². The van der Waals surface area contributed by atoms with E-state index in [1.54, 1.807) is 12.1 Å². The lowest BCUT2D eigenvalue weighted by atomic mass is 9.77. The zero-order valence-electron chi connectivity index (χ0n) is 12.3. The molecule has 0 saturated heterocycles. The molecule has 3 atom stereocenters. The molecule has 0 fully saturated rings. The molecule has 2 aliphatic rings. The predicted octanol–water partition coefficient (Wildman–Crippen LogP) is 5.07. The number of allylic oxidation sites excluding steroid dienone is 2. The van der Waals surface area contributed by atoms with Gasteiger partial charge < -0.3 is 5.32 Å². The molecule has 116 valence electrons. The summed E-state index contributed by atoms with van der Waals surface area (Å²) >= 11 is 6.14. The fourth-order valence-electron chi connectivity index (χ4n) is 3.79. The number of nitrogens with zero attached hydrogens (tertiary/aromatic N) is 1. The van der Waals surface area contributed by atoms with E-state index in [1.165, 1.54) is 0 Å². The third-order valence-electron chi connectivity index (χ3n) is 4.78. The fourth-order valence-corrected chi connectivity index (χ4v) is 3.99. The van der Waals surface area contributed by atoms with Crippen LogP contribution < -0.4 is 5.32 Å². The molecule has 0 unspecified atom stereocenters. The maximum Gasteiger partial charge on any atom is 0.292 e. The van der Waals surface area contributed by atoms with Crippen molar-refractivity contribution in [1.82, 2.24) is 0 Å².